The van der Waals surface area contributed by atoms with Crippen molar-refractivity contribution < 1.29 is 17.6 Å². The number of alkyl halides is 1. The average Bonchev–Trinajstić information content (AvgIpc) is 3.55. The number of rotatable bonds is 9. The second-order valence-corrected chi connectivity index (χ2v) is 11.2. The molecule has 1 saturated carbocycles. The first-order valence-corrected chi connectivity index (χ1v) is 14.0. The van der Waals surface area contributed by atoms with Gasteiger partial charge in [0, 0.05) is 24.5 Å². The normalized spacial score (nSPS) is 13.9. The van der Waals surface area contributed by atoms with Crippen LogP contribution in [0.3, 0.4) is 0 Å². The predicted molar refractivity (Wildman–Crippen MR) is 135 cm³/mol. The molecule has 0 spiro atoms. The minimum Gasteiger partial charge on any atom is -0.437 e. The van der Waals surface area contributed by atoms with Crippen LogP contribution in [0.15, 0.2) is 34.7 Å². The molecule has 1 aliphatic carbocycles. The SMILES string of the molecule is CNC(=O)c1c(-c2ccc(C)cc2)oc2nc(N(CCCCBr)S(C)(=O)=O)c(C3CC3)cc12. The number of nitrogens with one attached hydrogen (secondary N) is 1. The molecule has 1 N–H and O–H groups in total. The summed E-state index contributed by atoms with van der Waals surface area (Å²) < 4.78 is 33.0. The molecule has 3 aromatic rings. The molecular weight excluding hydrogens is 506 g/mol. The molecule has 0 bridgehead atoms. The molecule has 2 heterocycles. The van der Waals surface area contributed by atoms with Gasteiger partial charge in [-0.05, 0) is 50.2 Å². The number of pyridine rings is 1. The lowest BCUT2D eigenvalue weighted by molar-refractivity contribution is 0.0964. The highest BCUT2D eigenvalue weighted by atomic mass is 79.9. The topological polar surface area (TPSA) is 92.5 Å². The van der Waals surface area contributed by atoms with Crippen LogP contribution < -0.4 is 9.62 Å². The van der Waals surface area contributed by atoms with Gasteiger partial charge in [-0.3, -0.25) is 9.10 Å². The number of anilines is 1. The number of amides is 1. The minimum absolute atomic E-state index is 0.229. The average molecular weight is 534 g/mol. The number of benzene rings is 1. The van der Waals surface area contributed by atoms with E-state index in [0.717, 1.165) is 41.3 Å². The lowest BCUT2D eigenvalue weighted by atomic mass is 10.0. The second-order valence-electron chi connectivity index (χ2n) is 8.51. The van der Waals surface area contributed by atoms with E-state index in [1.54, 1.807) is 7.05 Å². The van der Waals surface area contributed by atoms with Crippen LogP contribution in [-0.4, -0.2) is 44.5 Å². The van der Waals surface area contributed by atoms with E-state index in [-0.39, 0.29) is 17.5 Å². The van der Waals surface area contributed by atoms with Gasteiger partial charge in [0.2, 0.25) is 15.7 Å². The fraction of sp³-hybridized carbons (Fsp3) is 0.417. The van der Waals surface area contributed by atoms with Gasteiger partial charge in [-0.2, -0.15) is 4.98 Å². The van der Waals surface area contributed by atoms with Gasteiger partial charge in [0.05, 0.1) is 17.2 Å². The summed E-state index contributed by atoms with van der Waals surface area (Å²) >= 11 is 3.41. The van der Waals surface area contributed by atoms with Crippen LogP contribution >= 0.6 is 15.9 Å². The number of halogens is 1. The summed E-state index contributed by atoms with van der Waals surface area (Å²) in [4.78, 5) is 17.6. The van der Waals surface area contributed by atoms with Gasteiger partial charge in [-0.1, -0.05) is 45.8 Å². The molecule has 0 unspecified atom stereocenters. The van der Waals surface area contributed by atoms with Crippen LogP contribution in [0.1, 0.15) is 53.1 Å². The lowest BCUT2D eigenvalue weighted by Gasteiger charge is -2.23. The van der Waals surface area contributed by atoms with Crippen LogP contribution in [0.5, 0.6) is 0 Å². The fourth-order valence-electron chi connectivity index (χ4n) is 3.96. The van der Waals surface area contributed by atoms with Crippen molar-refractivity contribution in [1.29, 1.82) is 0 Å². The zero-order valence-electron chi connectivity index (χ0n) is 19.0. The zero-order chi connectivity index (χ0) is 23.8. The Labute approximate surface area is 202 Å². The van der Waals surface area contributed by atoms with Gasteiger partial charge in [0.1, 0.15) is 11.6 Å². The maximum absolute atomic E-state index is 12.9. The maximum Gasteiger partial charge on any atom is 0.255 e. The standard InChI is InChI=1S/C24H28BrN3O4S/c1-15-6-8-17(9-7-15)21-20(23(29)26-2)19-14-18(16-10-11-16)22(27-24(19)32-21)28(33(3,30)31)13-5-4-12-25/h6-9,14,16H,4-5,10-13H2,1-3H3,(H,26,29). The number of sulfonamides is 1. The molecule has 1 aliphatic rings. The third-order valence-electron chi connectivity index (χ3n) is 5.86. The van der Waals surface area contributed by atoms with Crippen LogP contribution in [0, 0.1) is 6.92 Å². The van der Waals surface area contributed by atoms with E-state index in [0.29, 0.717) is 35.5 Å². The molecule has 2 aromatic heterocycles. The number of fused-ring (bicyclic) bond motifs is 1. The number of aromatic nitrogens is 1. The molecule has 1 amide bonds. The van der Waals surface area contributed by atoms with Gasteiger partial charge in [-0.15, -0.1) is 0 Å². The monoisotopic (exact) mass is 533 g/mol. The van der Waals surface area contributed by atoms with Crippen molar-refractivity contribution in [3.8, 4) is 11.3 Å². The number of carbonyl (C=O) groups is 1. The molecule has 0 radical (unpaired) electrons. The van der Waals surface area contributed by atoms with Gasteiger partial charge < -0.3 is 9.73 Å². The molecule has 9 heteroatoms. The highest BCUT2D eigenvalue weighted by Gasteiger charge is 2.34. The molecule has 1 fully saturated rings. The van der Waals surface area contributed by atoms with Crippen molar-refractivity contribution in [2.45, 2.75) is 38.5 Å². The summed E-state index contributed by atoms with van der Waals surface area (Å²) in [6, 6.07) is 9.64. The largest absolute Gasteiger partial charge is 0.437 e. The summed E-state index contributed by atoms with van der Waals surface area (Å²) in [5, 5.41) is 4.11. The van der Waals surface area contributed by atoms with Crippen molar-refractivity contribution >= 4 is 48.8 Å². The fourth-order valence-corrected chi connectivity index (χ4v) is 5.28. The Bertz CT molecular complexity index is 1280. The first-order valence-electron chi connectivity index (χ1n) is 11.0. The number of carbonyl (C=O) groups excluding carboxylic acids is 1. The van der Waals surface area contributed by atoms with Crippen molar-refractivity contribution in [3.63, 3.8) is 0 Å². The quantitative estimate of drug-likeness (QED) is 0.309. The van der Waals surface area contributed by atoms with Gasteiger partial charge in [0.15, 0.2) is 0 Å². The molecule has 0 saturated heterocycles. The first-order chi connectivity index (χ1) is 15.7. The van der Waals surface area contributed by atoms with E-state index in [9.17, 15) is 13.2 Å². The van der Waals surface area contributed by atoms with Crippen LogP contribution in [0.25, 0.3) is 22.4 Å². The molecular formula is C24H28BrN3O4S. The molecule has 4 rings (SSSR count). The number of hydrogen-bond donors (Lipinski definition) is 1. The van der Waals surface area contributed by atoms with E-state index in [4.69, 9.17) is 9.40 Å². The number of furan rings is 1. The van der Waals surface area contributed by atoms with Gasteiger partial charge >= 0.3 is 0 Å². The van der Waals surface area contributed by atoms with E-state index >= 15 is 0 Å². The molecule has 176 valence electrons. The number of aryl methyl sites for hydroxylation is 1. The zero-order valence-corrected chi connectivity index (χ0v) is 21.4. The molecule has 0 aliphatic heterocycles. The molecule has 0 atom stereocenters. The van der Waals surface area contributed by atoms with Crippen molar-refractivity contribution in [3.05, 3.63) is 47.0 Å². The second kappa shape index (κ2) is 9.46. The molecule has 33 heavy (non-hydrogen) atoms. The maximum atomic E-state index is 12.9. The highest BCUT2D eigenvalue weighted by Crippen LogP contribution is 2.46. The third kappa shape index (κ3) is 4.94. The van der Waals surface area contributed by atoms with E-state index in [2.05, 4.69) is 21.2 Å². The van der Waals surface area contributed by atoms with Gasteiger partial charge in [-0.25, -0.2) is 8.42 Å². The smallest absolute Gasteiger partial charge is 0.255 e. The Balaban J connectivity index is 1.93. The Kier molecular flexibility index (Phi) is 6.81. The Morgan fingerprint density at radius 3 is 2.52 bits per heavy atom. The molecule has 1 aromatic carbocycles. The predicted octanol–water partition coefficient (Wildman–Crippen LogP) is 4.98. The van der Waals surface area contributed by atoms with Crippen molar-refractivity contribution in [1.82, 2.24) is 10.3 Å². The number of nitrogens with zero attached hydrogens (tertiary/aromatic N) is 2. The minimum atomic E-state index is -3.54. The number of unbranched alkanes of at least 4 members (excludes halogenated alkanes) is 1. The Morgan fingerprint density at radius 2 is 1.94 bits per heavy atom. The van der Waals surface area contributed by atoms with Gasteiger partial charge in [0.25, 0.3) is 5.91 Å². The van der Waals surface area contributed by atoms with Crippen molar-refractivity contribution in [2.75, 3.05) is 29.5 Å². The van der Waals surface area contributed by atoms with Crippen LogP contribution in [0.4, 0.5) is 5.82 Å². The van der Waals surface area contributed by atoms with Crippen LogP contribution in [0.2, 0.25) is 0 Å². The Hall–Kier alpha value is -2.39. The van der Waals surface area contributed by atoms with E-state index < -0.39 is 10.0 Å². The third-order valence-corrected chi connectivity index (χ3v) is 7.57. The summed E-state index contributed by atoms with van der Waals surface area (Å²) in [6.45, 7) is 2.34. The molecule has 7 nitrogen and oxygen atoms in total. The van der Waals surface area contributed by atoms with E-state index in [1.807, 2.05) is 37.3 Å². The summed E-state index contributed by atoms with van der Waals surface area (Å²) in [5.41, 5.74) is 3.40. The van der Waals surface area contributed by atoms with Crippen LogP contribution in [-0.2, 0) is 10.0 Å². The van der Waals surface area contributed by atoms with Crippen molar-refractivity contribution in [2.24, 2.45) is 0 Å². The summed E-state index contributed by atoms with van der Waals surface area (Å²) in [6.07, 6.45) is 4.71. The number of hydrogen-bond acceptors (Lipinski definition) is 5. The highest BCUT2D eigenvalue weighted by molar-refractivity contribution is 9.09. The van der Waals surface area contributed by atoms with E-state index in [1.165, 1.54) is 10.6 Å². The first kappa shape index (κ1) is 23.8. The summed E-state index contributed by atoms with van der Waals surface area (Å²) in [5.74, 6) is 0.807. The Morgan fingerprint density at radius 1 is 1.24 bits per heavy atom. The summed E-state index contributed by atoms with van der Waals surface area (Å²) in [7, 11) is -1.96. The lowest BCUT2D eigenvalue weighted by Crippen LogP contribution is -2.32.